The largest absolute Gasteiger partial charge is 0.301 e. The van der Waals surface area contributed by atoms with Gasteiger partial charge in [0.05, 0.1) is 37.8 Å². The third kappa shape index (κ3) is 16.4. The van der Waals surface area contributed by atoms with E-state index in [2.05, 4.69) is 37.3 Å². The fourth-order valence-electron chi connectivity index (χ4n) is 8.44. The minimum absolute atomic E-state index is 0.00948. The molecule has 0 saturated carbocycles. The summed E-state index contributed by atoms with van der Waals surface area (Å²) in [6, 6.07) is 47.4. The Kier molecular flexibility index (Phi) is 20.5. The first-order chi connectivity index (χ1) is 37.4. The van der Waals surface area contributed by atoms with E-state index in [1.54, 1.807) is 58.6 Å². The predicted molar refractivity (Wildman–Crippen MR) is 305 cm³/mol. The number of hydrogen-bond acceptors (Lipinski definition) is 13. The molecule has 0 amide bonds. The van der Waals surface area contributed by atoms with E-state index < -0.39 is 29.9 Å². The molecule has 1 aliphatic rings. The fraction of sp³-hybridized carbons (Fsp3) is 0.220. The van der Waals surface area contributed by atoms with Crippen molar-refractivity contribution in [2.75, 3.05) is 38.5 Å². The number of nitrogens with one attached hydrogen (secondary N) is 2. The molecule has 0 radical (unpaired) electrons. The molecule has 9 rings (SSSR count). The Labute approximate surface area is 461 Å². The topological polar surface area (TPSA) is 209 Å². The fourth-order valence-corrected chi connectivity index (χ4v) is 12.5. The minimum atomic E-state index is -3.70. The number of likely N-dealkylation sites (N-methyl/N-ethyl adjacent to an activating group) is 1. The number of carbonyl (C=O) groups is 2. The molecule has 0 spiro atoms. The molecule has 404 valence electrons. The van der Waals surface area contributed by atoms with Gasteiger partial charge in [0.2, 0.25) is 20.0 Å². The smallest absolute Gasteiger partial charge is 0.240 e. The third-order valence-corrected chi connectivity index (χ3v) is 18.1. The maximum absolute atomic E-state index is 12.7. The van der Waals surface area contributed by atoms with E-state index >= 15 is 0 Å². The maximum atomic E-state index is 12.7. The van der Waals surface area contributed by atoms with E-state index in [0.717, 1.165) is 78.3 Å². The van der Waals surface area contributed by atoms with E-state index in [0.29, 0.717) is 23.1 Å². The average molecular weight is 1120 g/mol. The van der Waals surface area contributed by atoms with Crippen molar-refractivity contribution in [2.45, 2.75) is 61.5 Å². The van der Waals surface area contributed by atoms with Crippen molar-refractivity contribution in [3.05, 3.63) is 220 Å². The summed E-state index contributed by atoms with van der Waals surface area (Å²) in [7, 11) is -10.8. The van der Waals surface area contributed by atoms with Gasteiger partial charge in [-0.1, -0.05) is 97.9 Å². The predicted octanol–water partition coefficient (Wildman–Crippen LogP) is 9.36. The van der Waals surface area contributed by atoms with Gasteiger partial charge in [-0.05, 0) is 138 Å². The quantitative estimate of drug-likeness (QED) is 0.0726. The van der Waals surface area contributed by atoms with Crippen LogP contribution in [0.1, 0.15) is 69.3 Å². The second-order valence-corrected chi connectivity index (χ2v) is 24.7. The summed E-state index contributed by atoms with van der Waals surface area (Å²) in [5.41, 5.74) is 7.99. The van der Waals surface area contributed by atoms with Gasteiger partial charge in [-0.25, -0.2) is 39.4 Å². The minimum Gasteiger partial charge on any atom is -0.301 e. The number of piperazine rings is 1. The number of thiophene rings is 1. The average Bonchev–Trinajstić information content (AvgIpc) is 4.22. The van der Waals surface area contributed by atoms with Gasteiger partial charge < -0.3 is 4.90 Å². The van der Waals surface area contributed by atoms with Gasteiger partial charge in [-0.15, -0.1) is 0 Å². The number of carbonyl (C=O) groups excluding carboxylic acids is 2. The molecule has 78 heavy (non-hydrogen) atoms. The highest BCUT2D eigenvalue weighted by Gasteiger charge is 2.21. The summed E-state index contributed by atoms with van der Waals surface area (Å²) < 4.78 is 82.5. The lowest BCUT2D eigenvalue weighted by atomic mass is 10.0. The molecule has 0 unspecified atom stereocenters. The zero-order valence-electron chi connectivity index (χ0n) is 43.5. The number of aromatic nitrogens is 2. The van der Waals surface area contributed by atoms with Crippen molar-refractivity contribution in [3.63, 3.8) is 0 Å². The molecular formula is C59H61N7O8S4. The van der Waals surface area contributed by atoms with E-state index in [-0.39, 0.29) is 45.1 Å². The summed E-state index contributed by atoms with van der Waals surface area (Å²) in [6.07, 6.45) is 3.93. The van der Waals surface area contributed by atoms with Crippen molar-refractivity contribution in [2.24, 2.45) is 0 Å². The van der Waals surface area contributed by atoms with Gasteiger partial charge in [0.1, 0.15) is 0 Å². The van der Waals surface area contributed by atoms with Crippen molar-refractivity contribution in [3.8, 4) is 22.9 Å². The van der Waals surface area contributed by atoms with E-state index in [1.165, 1.54) is 50.2 Å². The lowest BCUT2D eigenvalue weighted by Crippen LogP contribution is -2.45. The summed E-state index contributed by atoms with van der Waals surface area (Å²) in [5.74, 6) is -0.333. The molecule has 3 heterocycles. The molecule has 2 N–H and O–H groups in total. The first-order valence-electron chi connectivity index (χ1n) is 25.1. The molecule has 2 aromatic heterocycles. The number of Topliss-reactive ketones (excluding diaryl/α,β-unsaturated/α-hetero) is 2. The molecule has 15 nitrogen and oxygen atoms in total. The van der Waals surface area contributed by atoms with Crippen LogP contribution in [0.25, 0.3) is 16.8 Å². The molecule has 1 aliphatic heterocycles. The van der Waals surface area contributed by atoms with Gasteiger partial charge in [-0.3, -0.25) is 14.5 Å². The van der Waals surface area contributed by atoms with Crippen molar-refractivity contribution in [1.82, 2.24) is 29.0 Å². The van der Waals surface area contributed by atoms with Crippen LogP contribution in [0.2, 0.25) is 0 Å². The van der Waals surface area contributed by atoms with E-state index in [9.17, 15) is 34.8 Å². The molecule has 1 saturated heterocycles. The van der Waals surface area contributed by atoms with Gasteiger partial charge in [0.25, 0.3) is 0 Å². The van der Waals surface area contributed by atoms with Crippen LogP contribution in [0.3, 0.4) is 0 Å². The molecule has 0 atom stereocenters. The number of rotatable bonds is 19. The SMILES string of the molecule is CC(=O)c1cccc(S(=O)(=O)NCc2ccccc2-c2ccsc2)c1.CCN1CCN(Cc2ccccc2CNS(=O)(=O)c2cccc(C(C)=O)c2)CC1.N#Cc1cccc(S(=O)(=O)CCc2cccc(-n3cccn3)c2)c1. The molecular weight excluding hydrogens is 1060 g/mol. The number of aryl methyl sites for hydroxylation is 1. The van der Waals surface area contributed by atoms with Crippen LogP contribution in [0.15, 0.2) is 196 Å². The molecule has 0 aliphatic carbocycles. The van der Waals surface area contributed by atoms with Crippen LogP contribution >= 0.6 is 11.3 Å². The number of nitrogens with zero attached hydrogens (tertiary/aromatic N) is 5. The summed E-state index contributed by atoms with van der Waals surface area (Å²) in [4.78, 5) is 28.3. The first kappa shape index (κ1) is 58.4. The second kappa shape index (κ2) is 27.4. The summed E-state index contributed by atoms with van der Waals surface area (Å²) >= 11 is 1.60. The number of sulfonamides is 2. The lowest BCUT2D eigenvalue weighted by Gasteiger charge is -2.34. The van der Waals surface area contributed by atoms with E-state index in [1.807, 2.05) is 102 Å². The zero-order valence-corrected chi connectivity index (χ0v) is 46.8. The van der Waals surface area contributed by atoms with Crippen LogP contribution in [0.5, 0.6) is 0 Å². The Morgan fingerprint density at radius 1 is 0.628 bits per heavy atom. The number of nitriles is 1. The highest BCUT2D eigenvalue weighted by molar-refractivity contribution is 7.91. The van der Waals surface area contributed by atoms with Gasteiger partial charge in [0.15, 0.2) is 21.4 Å². The third-order valence-electron chi connectivity index (χ3n) is 12.9. The highest BCUT2D eigenvalue weighted by Crippen LogP contribution is 2.27. The first-order valence-corrected chi connectivity index (χ1v) is 30.7. The maximum Gasteiger partial charge on any atom is 0.240 e. The monoisotopic (exact) mass is 1120 g/mol. The van der Waals surface area contributed by atoms with Gasteiger partial charge in [-0.2, -0.15) is 21.7 Å². The van der Waals surface area contributed by atoms with Gasteiger partial charge in [0, 0.05) is 69.3 Å². The summed E-state index contributed by atoms with van der Waals surface area (Å²) in [6.45, 7) is 11.5. The summed E-state index contributed by atoms with van der Waals surface area (Å²) in [5, 5.41) is 17.1. The van der Waals surface area contributed by atoms with Crippen LogP contribution in [0.4, 0.5) is 0 Å². The van der Waals surface area contributed by atoms with Crippen molar-refractivity contribution < 1.29 is 34.8 Å². The standard InChI is InChI=1S/C22H29N3O3S.C19H17NO3S2.C18H15N3O2S/c1-3-24-11-13-25(14-12-24)17-21-8-5-4-7-20(21)16-23-29(27,28)22-10-6-9-19(15-22)18(2)26;1-14(21)15-6-4-7-18(11-15)25(22,23)20-12-16-5-2-3-8-19(16)17-9-10-24-13-17;19-14-16-5-2-7-18(13-16)24(22,23)11-8-15-4-1-6-17(12-15)21-10-3-9-20-21/h4-10,15,23H,3,11-14,16-17H2,1-2H3;2-11,13,20H,12H2,1H3;1-7,9-10,12-13H,8,11H2. The van der Waals surface area contributed by atoms with Crippen LogP contribution in [-0.4, -0.2) is 94.9 Å². The zero-order chi connectivity index (χ0) is 55.7. The van der Waals surface area contributed by atoms with Crippen LogP contribution in [0, 0.1) is 11.3 Å². The second-order valence-electron chi connectivity index (χ2n) is 18.3. The number of sulfone groups is 1. The molecule has 6 aromatic carbocycles. The Balaban J connectivity index is 0.000000170. The van der Waals surface area contributed by atoms with Crippen LogP contribution in [-0.2, 0) is 55.9 Å². The van der Waals surface area contributed by atoms with Crippen molar-refractivity contribution >= 4 is 52.8 Å². The van der Waals surface area contributed by atoms with Crippen molar-refractivity contribution in [1.29, 1.82) is 5.26 Å². The van der Waals surface area contributed by atoms with E-state index in [4.69, 9.17) is 5.26 Å². The molecule has 0 bridgehead atoms. The number of hydrogen-bond donors (Lipinski definition) is 2. The lowest BCUT2D eigenvalue weighted by molar-refractivity contribution is 0.100. The molecule has 1 fully saturated rings. The van der Waals surface area contributed by atoms with Gasteiger partial charge >= 0.3 is 0 Å². The highest BCUT2D eigenvalue weighted by atomic mass is 32.2. The number of benzene rings is 6. The number of ketones is 2. The van der Waals surface area contributed by atoms with Crippen LogP contribution < -0.4 is 9.44 Å². The Morgan fingerprint density at radius 3 is 1.79 bits per heavy atom. The Bertz CT molecular complexity index is 3710. The Morgan fingerprint density at radius 2 is 1.21 bits per heavy atom. The Hall–Kier alpha value is -7.25. The normalized spacial score (nSPS) is 13.1. The molecule has 19 heteroatoms. The molecule has 8 aromatic rings.